The second-order valence-corrected chi connectivity index (χ2v) is 4.73. The summed E-state index contributed by atoms with van der Waals surface area (Å²) in [6.45, 7) is 2.12. The van der Waals surface area contributed by atoms with Crippen LogP contribution in [0, 0.1) is 17.0 Å². The average Bonchev–Trinajstić information content (AvgIpc) is 2.40. The fraction of sp³-hybridized carbons (Fsp3) is 0.417. The first kappa shape index (κ1) is 15.9. The topological polar surface area (TPSA) is 133 Å². The Bertz CT molecular complexity index is 539. The number of hydrogen-bond donors (Lipinski definition) is 4. The van der Waals surface area contributed by atoms with Gasteiger partial charge in [0.15, 0.2) is 0 Å². The van der Waals surface area contributed by atoms with Gasteiger partial charge in [0.25, 0.3) is 5.69 Å². The molecule has 8 nitrogen and oxygen atoms in total. The number of carboxylic acids is 1. The molecule has 4 N–H and O–H groups in total. The van der Waals surface area contributed by atoms with Crippen molar-refractivity contribution in [1.29, 1.82) is 0 Å². The Morgan fingerprint density at radius 1 is 1.40 bits per heavy atom. The molecule has 0 amide bonds. The predicted octanol–water partition coefficient (Wildman–Crippen LogP) is 0.757. The van der Waals surface area contributed by atoms with E-state index in [4.69, 9.17) is 5.11 Å². The number of nitrogens with one attached hydrogen (secondary N) is 1. The normalized spacial score (nSPS) is 11.2. The highest BCUT2D eigenvalue weighted by Gasteiger charge is 2.26. The fourth-order valence-corrected chi connectivity index (χ4v) is 1.60. The number of aromatic carboxylic acids is 1. The molecule has 0 aliphatic heterocycles. The molecule has 1 rings (SSSR count). The molecular weight excluding hydrogens is 268 g/mol. The van der Waals surface area contributed by atoms with Crippen LogP contribution in [0.5, 0.6) is 0 Å². The minimum Gasteiger partial charge on any atom is -0.478 e. The number of anilines is 1. The van der Waals surface area contributed by atoms with Crippen molar-refractivity contribution in [2.24, 2.45) is 0 Å². The Balaban J connectivity index is 3.38. The fourth-order valence-electron chi connectivity index (χ4n) is 1.60. The van der Waals surface area contributed by atoms with Gasteiger partial charge in [-0.1, -0.05) is 0 Å². The number of nitro benzene ring substituents is 1. The minimum absolute atomic E-state index is 0.183. The number of hydrogen-bond acceptors (Lipinski definition) is 6. The summed E-state index contributed by atoms with van der Waals surface area (Å²) in [5.41, 5.74) is -1.29. The summed E-state index contributed by atoms with van der Waals surface area (Å²) in [6, 6.07) is 2.20. The van der Waals surface area contributed by atoms with Gasteiger partial charge in [-0.25, -0.2) is 4.79 Å². The van der Waals surface area contributed by atoms with Crippen LogP contribution in [-0.2, 0) is 0 Å². The van der Waals surface area contributed by atoms with Crippen molar-refractivity contribution in [3.8, 4) is 0 Å². The minimum atomic E-state index is -1.30. The molecule has 20 heavy (non-hydrogen) atoms. The summed E-state index contributed by atoms with van der Waals surface area (Å²) >= 11 is 0. The molecule has 0 aromatic heterocycles. The molecule has 0 aliphatic rings. The van der Waals surface area contributed by atoms with Crippen LogP contribution in [0.4, 0.5) is 11.4 Å². The van der Waals surface area contributed by atoms with Crippen molar-refractivity contribution in [3.05, 3.63) is 33.4 Å². The molecule has 0 fully saturated rings. The average molecular weight is 284 g/mol. The van der Waals surface area contributed by atoms with Crippen molar-refractivity contribution >= 4 is 17.3 Å². The zero-order valence-electron chi connectivity index (χ0n) is 11.1. The number of carboxylic acid groups (broad SMARTS) is 1. The summed E-state index contributed by atoms with van der Waals surface area (Å²) in [6.07, 6.45) is 0. The molecule has 1 aromatic rings. The molecule has 0 saturated carbocycles. The molecule has 0 unspecified atom stereocenters. The summed E-state index contributed by atoms with van der Waals surface area (Å²) in [5, 5.41) is 41.1. The van der Waals surface area contributed by atoms with Gasteiger partial charge in [-0.2, -0.15) is 0 Å². The lowest BCUT2D eigenvalue weighted by Gasteiger charge is -2.28. The molecule has 0 spiro atoms. The number of nitrogens with zero attached hydrogens (tertiary/aromatic N) is 1. The third-order valence-corrected chi connectivity index (χ3v) is 2.96. The van der Waals surface area contributed by atoms with Crippen molar-refractivity contribution in [1.82, 2.24) is 0 Å². The van der Waals surface area contributed by atoms with E-state index in [-0.39, 0.29) is 22.5 Å². The first-order chi connectivity index (χ1) is 9.24. The zero-order chi connectivity index (χ0) is 15.5. The number of rotatable bonds is 6. The molecule has 0 radical (unpaired) electrons. The van der Waals surface area contributed by atoms with E-state index in [1.54, 1.807) is 0 Å². The van der Waals surface area contributed by atoms with E-state index < -0.39 is 29.6 Å². The van der Waals surface area contributed by atoms with Gasteiger partial charge in [-0.3, -0.25) is 10.1 Å². The SMILES string of the molecule is Cc1c(NC(C)(CO)CO)cc(C(=O)O)cc1[N+](=O)[O-]. The van der Waals surface area contributed by atoms with Crippen LogP contribution in [0.3, 0.4) is 0 Å². The maximum absolute atomic E-state index is 11.0. The van der Waals surface area contributed by atoms with Crippen molar-refractivity contribution in [3.63, 3.8) is 0 Å². The molecule has 0 saturated heterocycles. The molecule has 0 aliphatic carbocycles. The van der Waals surface area contributed by atoms with E-state index >= 15 is 0 Å². The van der Waals surface area contributed by atoms with Crippen LogP contribution in [0.15, 0.2) is 12.1 Å². The van der Waals surface area contributed by atoms with Crippen LogP contribution in [0.25, 0.3) is 0 Å². The van der Waals surface area contributed by atoms with Crippen molar-refractivity contribution < 1.29 is 25.0 Å². The summed E-state index contributed by atoms with van der Waals surface area (Å²) < 4.78 is 0. The quantitative estimate of drug-likeness (QED) is 0.447. The molecule has 0 atom stereocenters. The lowest BCUT2D eigenvalue weighted by molar-refractivity contribution is -0.385. The Hall–Kier alpha value is -2.19. The number of aliphatic hydroxyl groups is 2. The van der Waals surface area contributed by atoms with Gasteiger partial charge in [0.1, 0.15) is 0 Å². The van der Waals surface area contributed by atoms with E-state index in [1.807, 2.05) is 0 Å². The molecule has 1 aromatic carbocycles. The first-order valence-corrected chi connectivity index (χ1v) is 5.76. The monoisotopic (exact) mass is 284 g/mol. The first-order valence-electron chi connectivity index (χ1n) is 5.76. The molecule has 0 bridgehead atoms. The second kappa shape index (κ2) is 5.85. The Morgan fingerprint density at radius 3 is 2.35 bits per heavy atom. The maximum Gasteiger partial charge on any atom is 0.336 e. The van der Waals surface area contributed by atoms with E-state index in [0.29, 0.717) is 0 Å². The molecule has 8 heteroatoms. The van der Waals surface area contributed by atoms with Gasteiger partial charge in [0.2, 0.25) is 0 Å². The van der Waals surface area contributed by atoms with Gasteiger partial charge >= 0.3 is 5.97 Å². The Kier molecular flexibility index (Phi) is 4.64. The van der Waals surface area contributed by atoms with Crippen LogP contribution in [-0.4, -0.2) is 45.0 Å². The Morgan fingerprint density at radius 2 is 1.95 bits per heavy atom. The number of carbonyl (C=O) groups is 1. The second-order valence-electron chi connectivity index (χ2n) is 4.73. The van der Waals surface area contributed by atoms with Crippen LogP contribution < -0.4 is 5.32 Å². The Labute approximate surface area is 114 Å². The number of aliphatic hydroxyl groups excluding tert-OH is 2. The molecule has 110 valence electrons. The molecule has 0 heterocycles. The van der Waals surface area contributed by atoms with E-state index in [0.717, 1.165) is 6.07 Å². The smallest absolute Gasteiger partial charge is 0.336 e. The van der Waals surface area contributed by atoms with Gasteiger partial charge in [-0.05, 0) is 19.9 Å². The van der Waals surface area contributed by atoms with E-state index in [1.165, 1.54) is 19.9 Å². The number of benzene rings is 1. The number of nitro groups is 1. The third-order valence-electron chi connectivity index (χ3n) is 2.96. The molecular formula is C12H16N2O6. The lowest BCUT2D eigenvalue weighted by Crippen LogP contribution is -2.42. The third kappa shape index (κ3) is 3.22. The highest BCUT2D eigenvalue weighted by Crippen LogP contribution is 2.29. The van der Waals surface area contributed by atoms with Gasteiger partial charge in [-0.15, -0.1) is 0 Å². The van der Waals surface area contributed by atoms with Crippen molar-refractivity contribution in [2.45, 2.75) is 19.4 Å². The zero-order valence-corrected chi connectivity index (χ0v) is 11.1. The van der Waals surface area contributed by atoms with E-state index in [2.05, 4.69) is 5.32 Å². The summed E-state index contributed by atoms with van der Waals surface area (Å²) in [5.74, 6) is -1.30. The predicted molar refractivity (Wildman–Crippen MR) is 71.0 cm³/mol. The van der Waals surface area contributed by atoms with Crippen LogP contribution in [0.1, 0.15) is 22.8 Å². The van der Waals surface area contributed by atoms with Gasteiger partial charge in [0, 0.05) is 17.3 Å². The van der Waals surface area contributed by atoms with E-state index in [9.17, 15) is 25.1 Å². The standard InChI is InChI=1S/C12H16N2O6/c1-7-9(13-12(2,5-15)6-16)3-8(11(17)18)4-10(7)14(19)20/h3-4,13,15-16H,5-6H2,1-2H3,(H,17,18). The maximum atomic E-state index is 11.0. The van der Waals surface area contributed by atoms with Gasteiger partial charge < -0.3 is 20.6 Å². The lowest BCUT2D eigenvalue weighted by atomic mass is 10.0. The van der Waals surface area contributed by atoms with Gasteiger partial charge in [0.05, 0.1) is 29.2 Å². The summed E-state index contributed by atoms with van der Waals surface area (Å²) in [4.78, 5) is 21.3. The summed E-state index contributed by atoms with van der Waals surface area (Å²) in [7, 11) is 0. The van der Waals surface area contributed by atoms with Crippen molar-refractivity contribution in [2.75, 3.05) is 18.5 Å². The van der Waals surface area contributed by atoms with Crippen LogP contribution >= 0.6 is 0 Å². The highest BCUT2D eigenvalue weighted by molar-refractivity contribution is 5.90. The van der Waals surface area contributed by atoms with Crippen LogP contribution in [0.2, 0.25) is 0 Å². The largest absolute Gasteiger partial charge is 0.478 e. The highest BCUT2D eigenvalue weighted by atomic mass is 16.6.